The molecule has 1 atom stereocenters. The van der Waals surface area contributed by atoms with Crippen LogP contribution in [-0.2, 0) is 20.9 Å². The summed E-state index contributed by atoms with van der Waals surface area (Å²) in [6.07, 6.45) is 1.28. The Morgan fingerprint density at radius 1 is 1.31 bits per heavy atom. The van der Waals surface area contributed by atoms with Crippen LogP contribution in [-0.4, -0.2) is 76.4 Å². The van der Waals surface area contributed by atoms with E-state index in [1.807, 2.05) is 0 Å². The van der Waals surface area contributed by atoms with E-state index in [1.54, 1.807) is 13.8 Å². The highest BCUT2D eigenvalue weighted by atomic mass is 35.5. The average Bonchev–Trinajstić information content (AvgIpc) is 2.76. The second-order valence-electron chi connectivity index (χ2n) is 6.99. The van der Waals surface area contributed by atoms with Crippen molar-refractivity contribution in [2.24, 2.45) is 0 Å². The van der Waals surface area contributed by atoms with Crippen LogP contribution < -0.4 is 10.3 Å². The van der Waals surface area contributed by atoms with Crippen molar-refractivity contribution in [3.05, 3.63) is 33.9 Å². The molecule has 0 radical (unpaired) electrons. The van der Waals surface area contributed by atoms with Gasteiger partial charge < -0.3 is 19.3 Å². The average molecular weight is 471 g/mol. The normalized spacial score (nSPS) is 17.0. The number of aromatic nitrogens is 2. The first kappa shape index (κ1) is 23.9. The molecule has 0 saturated carbocycles. The van der Waals surface area contributed by atoms with Crippen LogP contribution in [0.5, 0.6) is 0 Å². The number of anilines is 1. The van der Waals surface area contributed by atoms with Gasteiger partial charge in [-0.1, -0.05) is 0 Å². The molecule has 0 aromatic carbocycles. The van der Waals surface area contributed by atoms with E-state index in [0.29, 0.717) is 13.2 Å². The first-order chi connectivity index (χ1) is 15.3. The number of alkyl halides is 1. The summed E-state index contributed by atoms with van der Waals surface area (Å²) in [6.45, 7) is 4.52. The fourth-order valence-corrected chi connectivity index (χ4v) is 3.80. The first-order valence-electron chi connectivity index (χ1n) is 10.2. The number of rotatable bonds is 8. The molecule has 174 valence electrons. The van der Waals surface area contributed by atoms with E-state index in [-0.39, 0.29) is 54.5 Å². The third kappa shape index (κ3) is 4.69. The largest absolute Gasteiger partial charge is 0.480 e. The standard InChI is InChI=1S/C20H24ClFN4O6/c1-3-31-20(30)13-10-24(6-5-21)17-12(16(13)27)9-14(22)18(23-17)26-8-7-25(32-4-2)11-15(26)19(28)29/h9-10,15H,3-8,11H2,1-2H3,(H,28,29). The van der Waals surface area contributed by atoms with Crippen LogP contribution in [0.3, 0.4) is 0 Å². The van der Waals surface area contributed by atoms with Gasteiger partial charge in [-0.2, -0.15) is 5.06 Å². The van der Waals surface area contributed by atoms with Crippen molar-refractivity contribution in [2.45, 2.75) is 26.4 Å². The van der Waals surface area contributed by atoms with Gasteiger partial charge in [-0.05, 0) is 19.9 Å². The Kier molecular flexibility index (Phi) is 7.64. The lowest BCUT2D eigenvalue weighted by Crippen LogP contribution is -2.57. The lowest BCUT2D eigenvalue weighted by molar-refractivity contribution is -0.171. The molecule has 1 fully saturated rings. The van der Waals surface area contributed by atoms with Crippen molar-refractivity contribution >= 4 is 40.4 Å². The van der Waals surface area contributed by atoms with Crippen molar-refractivity contribution in [2.75, 3.05) is 43.6 Å². The highest BCUT2D eigenvalue weighted by Crippen LogP contribution is 2.25. The number of piperazine rings is 1. The van der Waals surface area contributed by atoms with E-state index in [9.17, 15) is 19.5 Å². The molecule has 10 nitrogen and oxygen atoms in total. The number of carboxylic acids is 1. The molecule has 1 saturated heterocycles. The monoisotopic (exact) mass is 470 g/mol. The van der Waals surface area contributed by atoms with Gasteiger partial charge in [0, 0.05) is 31.7 Å². The minimum Gasteiger partial charge on any atom is -0.480 e. The molecule has 0 aliphatic carbocycles. The van der Waals surface area contributed by atoms with E-state index in [0.717, 1.165) is 6.07 Å². The molecule has 3 rings (SSSR count). The van der Waals surface area contributed by atoms with E-state index in [1.165, 1.54) is 20.7 Å². The van der Waals surface area contributed by atoms with Crippen molar-refractivity contribution in [3.63, 3.8) is 0 Å². The molecule has 3 heterocycles. The maximum atomic E-state index is 15.1. The lowest BCUT2D eigenvalue weighted by atomic mass is 10.1. The Bertz CT molecular complexity index is 1080. The van der Waals surface area contributed by atoms with Gasteiger partial charge in [-0.3, -0.25) is 9.63 Å². The predicted molar refractivity (Wildman–Crippen MR) is 115 cm³/mol. The van der Waals surface area contributed by atoms with Crippen LogP contribution in [0, 0.1) is 5.82 Å². The van der Waals surface area contributed by atoms with Crippen molar-refractivity contribution in [3.8, 4) is 0 Å². The van der Waals surface area contributed by atoms with E-state index >= 15 is 4.39 Å². The maximum absolute atomic E-state index is 15.1. The number of hydroxylamine groups is 2. The van der Waals surface area contributed by atoms with Gasteiger partial charge in [0.2, 0.25) is 5.43 Å². The number of fused-ring (bicyclic) bond motifs is 1. The SMILES string of the molecule is CCOC(=O)c1cn(CCCl)c2nc(N3CCN(OCC)CC3C(=O)O)c(F)cc2c1=O. The number of hydrogen-bond donors (Lipinski definition) is 1. The van der Waals surface area contributed by atoms with Gasteiger partial charge in [0.15, 0.2) is 11.6 Å². The summed E-state index contributed by atoms with van der Waals surface area (Å²) in [6, 6.07) is -0.136. The third-order valence-electron chi connectivity index (χ3n) is 5.02. The van der Waals surface area contributed by atoms with Gasteiger partial charge in [-0.15, -0.1) is 11.6 Å². The van der Waals surface area contributed by atoms with Gasteiger partial charge >= 0.3 is 11.9 Å². The van der Waals surface area contributed by atoms with Gasteiger partial charge in [-0.25, -0.2) is 19.0 Å². The molecule has 0 spiro atoms. The zero-order valence-corrected chi connectivity index (χ0v) is 18.5. The number of pyridine rings is 2. The summed E-state index contributed by atoms with van der Waals surface area (Å²) in [5, 5.41) is 11.1. The minimum atomic E-state index is -1.16. The highest BCUT2D eigenvalue weighted by Gasteiger charge is 2.35. The van der Waals surface area contributed by atoms with Crippen LogP contribution in [0.1, 0.15) is 24.2 Å². The number of hydrogen-bond acceptors (Lipinski definition) is 8. The Labute approximate surface area is 188 Å². The molecule has 1 N–H and O–H groups in total. The lowest BCUT2D eigenvalue weighted by Gasteiger charge is -2.39. The number of nitrogens with zero attached hydrogens (tertiary/aromatic N) is 4. The fraction of sp³-hybridized carbons (Fsp3) is 0.500. The van der Waals surface area contributed by atoms with Crippen LogP contribution in [0.2, 0.25) is 0 Å². The summed E-state index contributed by atoms with van der Waals surface area (Å²) >= 11 is 5.87. The number of ether oxygens (including phenoxy) is 1. The summed E-state index contributed by atoms with van der Waals surface area (Å²) in [5.41, 5.74) is -0.887. The quantitative estimate of drug-likeness (QED) is 0.452. The molecular weight excluding hydrogens is 447 g/mol. The number of carboxylic acid groups (broad SMARTS) is 1. The number of carbonyl (C=O) groups is 2. The zero-order valence-electron chi connectivity index (χ0n) is 17.7. The zero-order chi connectivity index (χ0) is 23.4. The van der Waals surface area contributed by atoms with Crippen LogP contribution >= 0.6 is 11.6 Å². The number of halogens is 2. The molecule has 0 amide bonds. The smallest absolute Gasteiger partial charge is 0.343 e. The first-order valence-corrected chi connectivity index (χ1v) is 10.7. The third-order valence-corrected chi connectivity index (χ3v) is 5.19. The summed E-state index contributed by atoms with van der Waals surface area (Å²) in [5.74, 6) is -2.92. The van der Waals surface area contributed by atoms with Crippen molar-refractivity contribution in [1.29, 1.82) is 0 Å². The Morgan fingerprint density at radius 2 is 2.06 bits per heavy atom. The molecule has 32 heavy (non-hydrogen) atoms. The van der Waals surface area contributed by atoms with Crippen LogP contribution in [0.15, 0.2) is 17.1 Å². The molecular formula is C20H24ClFN4O6. The topological polar surface area (TPSA) is 114 Å². The summed E-state index contributed by atoms with van der Waals surface area (Å²) < 4.78 is 21.5. The summed E-state index contributed by atoms with van der Waals surface area (Å²) in [7, 11) is 0. The van der Waals surface area contributed by atoms with Gasteiger partial charge in [0.05, 0.1) is 25.1 Å². The maximum Gasteiger partial charge on any atom is 0.343 e. The molecule has 2 aromatic heterocycles. The van der Waals surface area contributed by atoms with Gasteiger partial charge in [0.1, 0.15) is 17.3 Å². The Morgan fingerprint density at radius 3 is 2.69 bits per heavy atom. The fourth-order valence-electron chi connectivity index (χ4n) is 3.62. The molecule has 1 aliphatic heterocycles. The predicted octanol–water partition coefficient (Wildman–Crippen LogP) is 1.48. The molecule has 1 unspecified atom stereocenters. The van der Waals surface area contributed by atoms with E-state index in [2.05, 4.69) is 4.98 Å². The Hall–Kier alpha value is -2.76. The number of aryl methyl sites for hydroxylation is 1. The molecule has 1 aliphatic rings. The highest BCUT2D eigenvalue weighted by molar-refractivity contribution is 6.17. The Balaban J connectivity index is 2.13. The molecule has 12 heteroatoms. The second-order valence-corrected chi connectivity index (χ2v) is 7.37. The van der Waals surface area contributed by atoms with Crippen molar-refractivity contribution < 1.29 is 28.7 Å². The van der Waals surface area contributed by atoms with Crippen LogP contribution in [0.25, 0.3) is 11.0 Å². The van der Waals surface area contributed by atoms with E-state index in [4.69, 9.17) is 21.2 Å². The van der Waals surface area contributed by atoms with Crippen LogP contribution in [0.4, 0.5) is 10.2 Å². The number of carbonyl (C=O) groups excluding carboxylic acids is 1. The number of aliphatic carboxylic acids is 1. The minimum absolute atomic E-state index is 0.0125. The second kappa shape index (κ2) is 10.2. The van der Waals surface area contributed by atoms with Crippen molar-refractivity contribution in [1.82, 2.24) is 14.6 Å². The molecule has 0 bridgehead atoms. The molecule has 2 aromatic rings. The number of esters is 1. The summed E-state index contributed by atoms with van der Waals surface area (Å²) in [4.78, 5) is 47.9. The van der Waals surface area contributed by atoms with Gasteiger partial charge in [0.25, 0.3) is 0 Å². The van der Waals surface area contributed by atoms with E-state index < -0.39 is 29.2 Å².